The van der Waals surface area contributed by atoms with E-state index in [1.807, 2.05) is 27.7 Å². The molecule has 1 unspecified atom stereocenters. The standard InChI is InChI=1S/C20H29FN2O4S2/c1-11(2)14-7-13(21)8-15(12(3)4)16(14)9-18(24)23-29(26,27)19-22-17(10-28-19)20(5,6)25/h7-8,10-12,18,23-25H,9H2,1-6H3. The van der Waals surface area contributed by atoms with Crippen LogP contribution in [0.3, 0.4) is 0 Å². The van der Waals surface area contributed by atoms with E-state index in [2.05, 4.69) is 9.71 Å². The summed E-state index contributed by atoms with van der Waals surface area (Å²) in [5, 5.41) is 21.9. The predicted octanol–water partition coefficient (Wildman–Crippen LogP) is 3.60. The lowest BCUT2D eigenvalue weighted by Crippen LogP contribution is -2.36. The Balaban J connectivity index is 2.31. The zero-order valence-corrected chi connectivity index (χ0v) is 19.2. The molecule has 0 aliphatic rings. The van der Waals surface area contributed by atoms with Gasteiger partial charge in [-0.15, -0.1) is 11.3 Å². The Morgan fingerprint density at radius 1 is 1.17 bits per heavy atom. The second kappa shape index (κ2) is 8.77. The van der Waals surface area contributed by atoms with Crippen LogP contribution in [-0.4, -0.2) is 29.8 Å². The summed E-state index contributed by atoms with van der Waals surface area (Å²) in [5.74, 6) is -0.330. The molecule has 1 aromatic carbocycles. The third kappa shape index (κ3) is 5.82. The minimum absolute atomic E-state index is 0.00423. The number of aliphatic hydroxyl groups excluding tert-OH is 1. The third-order valence-electron chi connectivity index (χ3n) is 4.56. The Hall–Kier alpha value is -1.39. The van der Waals surface area contributed by atoms with E-state index in [9.17, 15) is 23.0 Å². The molecule has 1 aromatic heterocycles. The van der Waals surface area contributed by atoms with E-state index in [0.29, 0.717) is 0 Å². The van der Waals surface area contributed by atoms with Crippen molar-refractivity contribution in [2.45, 2.75) is 76.0 Å². The largest absolute Gasteiger partial charge is 0.384 e. The molecule has 6 nitrogen and oxygen atoms in total. The molecule has 2 aromatic rings. The van der Waals surface area contributed by atoms with Crippen molar-refractivity contribution < 1.29 is 23.0 Å². The van der Waals surface area contributed by atoms with Gasteiger partial charge in [0.15, 0.2) is 0 Å². The summed E-state index contributed by atoms with van der Waals surface area (Å²) in [5.41, 5.74) is 1.19. The zero-order valence-electron chi connectivity index (χ0n) is 17.5. The molecule has 0 saturated heterocycles. The average Bonchev–Trinajstić information content (AvgIpc) is 3.06. The van der Waals surface area contributed by atoms with Crippen molar-refractivity contribution in [2.24, 2.45) is 0 Å². The predicted molar refractivity (Wildman–Crippen MR) is 112 cm³/mol. The van der Waals surface area contributed by atoms with E-state index in [1.54, 1.807) is 0 Å². The van der Waals surface area contributed by atoms with Crippen molar-refractivity contribution >= 4 is 21.4 Å². The van der Waals surface area contributed by atoms with Gasteiger partial charge in [0.1, 0.15) is 17.6 Å². The van der Waals surface area contributed by atoms with Crippen molar-refractivity contribution in [2.75, 3.05) is 0 Å². The van der Waals surface area contributed by atoms with Crippen molar-refractivity contribution in [1.29, 1.82) is 0 Å². The SMILES string of the molecule is CC(C)c1cc(F)cc(C(C)C)c1CC(O)NS(=O)(=O)c1nc(C(C)(C)O)cs1. The Morgan fingerprint density at radius 2 is 1.69 bits per heavy atom. The van der Waals surface area contributed by atoms with Gasteiger partial charge in [0, 0.05) is 11.8 Å². The molecule has 1 heterocycles. The van der Waals surface area contributed by atoms with E-state index < -0.39 is 21.9 Å². The van der Waals surface area contributed by atoms with Crippen LogP contribution in [0.5, 0.6) is 0 Å². The first-order valence-electron chi connectivity index (χ1n) is 9.43. The molecular formula is C20H29FN2O4S2. The number of halogens is 1. The summed E-state index contributed by atoms with van der Waals surface area (Å²) < 4.78 is 41.3. The molecular weight excluding hydrogens is 415 g/mol. The summed E-state index contributed by atoms with van der Waals surface area (Å²) in [6.45, 7) is 10.7. The molecule has 0 spiro atoms. The van der Waals surface area contributed by atoms with Crippen LogP contribution in [0.4, 0.5) is 4.39 Å². The molecule has 29 heavy (non-hydrogen) atoms. The summed E-state index contributed by atoms with van der Waals surface area (Å²) >= 11 is 0.867. The number of hydrogen-bond acceptors (Lipinski definition) is 6. The maximum Gasteiger partial charge on any atom is 0.270 e. The van der Waals surface area contributed by atoms with E-state index >= 15 is 0 Å². The van der Waals surface area contributed by atoms with Gasteiger partial charge in [-0.3, -0.25) is 0 Å². The van der Waals surface area contributed by atoms with Crippen LogP contribution < -0.4 is 4.72 Å². The molecule has 0 amide bonds. The second-order valence-corrected chi connectivity index (χ2v) is 11.0. The van der Waals surface area contributed by atoms with Crippen LogP contribution in [0.25, 0.3) is 0 Å². The van der Waals surface area contributed by atoms with E-state index in [4.69, 9.17) is 0 Å². The van der Waals surface area contributed by atoms with Gasteiger partial charge in [0.05, 0.1) is 5.69 Å². The fourth-order valence-electron chi connectivity index (χ4n) is 3.07. The monoisotopic (exact) mass is 444 g/mol. The Kier molecular flexibility index (Phi) is 7.22. The molecule has 9 heteroatoms. The van der Waals surface area contributed by atoms with Crippen molar-refractivity contribution in [1.82, 2.24) is 9.71 Å². The van der Waals surface area contributed by atoms with E-state index in [0.717, 1.165) is 28.0 Å². The minimum atomic E-state index is -4.07. The highest BCUT2D eigenvalue weighted by atomic mass is 32.2. The van der Waals surface area contributed by atoms with Crippen molar-refractivity contribution in [3.8, 4) is 0 Å². The van der Waals surface area contributed by atoms with Crippen molar-refractivity contribution in [3.05, 3.63) is 45.7 Å². The van der Waals surface area contributed by atoms with Gasteiger partial charge in [-0.1, -0.05) is 27.7 Å². The molecule has 0 radical (unpaired) electrons. The highest BCUT2D eigenvalue weighted by Crippen LogP contribution is 2.30. The number of nitrogens with zero attached hydrogens (tertiary/aromatic N) is 1. The number of aliphatic hydroxyl groups is 2. The fraction of sp³-hybridized carbons (Fsp3) is 0.550. The highest BCUT2D eigenvalue weighted by molar-refractivity contribution is 7.91. The molecule has 0 aliphatic carbocycles. The average molecular weight is 445 g/mol. The van der Waals surface area contributed by atoms with Crippen LogP contribution in [0.1, 0.15) is 75.8 Å². The number of rotatable bonds is 8. The van der Waals surface area contributed by atoms with E-state index in [1.165, 1.54) is 31.4 Å². The first-order valence-corrected chi connectivity index (χ1v) is 11.8. The molecule has 0 fully saturated rings. The molecule has 162 valence electrons. The summed E-state index contributed by atoms with van der Waals surface area (Å²) in [4.78, 5) is 3.97. The highest BCUT2D eigenvalue weighted by Gasteiger charge is 2.27. The quantitative estimate of drug-likeness (QED) is 0.540. The number of hydrogen-bond donors (Lipinski definition) is 3. The Labute approximate surface area is 175 Å². The van der Waals surface area contributed by atoms with Crippen LogP contribution in [0.15, 0.2) is 21.9 Å². The lowest BCUT2D eigenvalue weighted by molar-refractivity contribution is 0.0741. The number of nitrogens with one attached hydrogen (secondary N) is 1. The van der Waals surface area contributed by atoms with Crippen LogP contribution in [0.2, 0.25) is 0 Å². The van der Waals surface area contributed by atoms with Gasteiger partial charge in [-0.2, -0.15) is 4.72 Å². The summed E-state index contributed by atoms with van der Waals surface area (Å²) in [7, 11) is -4.07. The number of aromatic nitrogens is 1. The molecule has 0 saturated carbocycles. The van der Waals surface area contributed by atoms with Gasteiger partial charge >= 0.3 is 0 Å². The maximum absolute atomic E-state index is 14.1. The van der Waals surface area contributed by atoms with Crippen LogP contribution in [-0.2, 0) is 22.0 Å². The fourth-order valence-corrected chi connectivity index (χ4v) is 5.33. The van der Waals surface area contributed by atoms with Crippen LogP contribution in [0, 0.1) is 5.82 Å². The molecule has 1 atom stereocenters. The molecule has 2 rings (SSSR count). The Bertz CT molecular complexity index is 934. The first-order chi connectivity index (χ1) is 13.2. The minimum Gasteiger partial charge on any atom is -0.384 e. The van der Waals surface area contributed by atoms with Gasteiger partial charge in [-0.05, 0) is 54.5 Å². The number of thiazole rings is 1. The second-order valence-electron chi connectivity index (χ2n) is 8.27. The number of benzene rings is 1. The molecule has 3 N–H and O–H groups in total. The lowest BCUT2D eigenvalue weighted by atomic mass is 9.86. The van der Waals surface area contributed by atoms with Gasteiger partial charge in [0.2, 0.25) is 4.34 Å². The zero-order chi connectivity index (χ0) is 22.1. The topological polar surface area (TPSA) is 99.5 Å². The Morgan fingerprint density at radius 3 is 2.10 bits per heavy atom. The van der Waals surface area contributed by atoms with Gasteiger partial charge < -0.3 is 10.2 Å². The first kappa shape index (κ1) is 23.9. The smallest absolute Gasteiger partial charge is 0.270 e. The summed E-state index contributed by atoms with van der Waals surface area (Å²) in [6.07, 6.45) is -1.40. The van der Waals surface area contributed by atoms with Crippen LogP contribution >= 0.6 is 11.3 Å². The number of sulfonamides is 1. The molecule has 0 aliphatic heterocycles. The summed E-state index contributed by atoms with van der Waals surface area (Å²) in [6, 6.07) is 2.87. The normalized spacial score (nSPS) is 14.0. The van der Waals surface area contributed by atoms with Crippen molar-refractivity contribution in [3.63, 3.8) is 0 Å². The molecule has 0 bridgehead atoms. The van der Waals surface area contributed by atoms with Gasteiger partial charge in [0.25, 0.3) is 10.0 Å². The lowest BCUT2D eigenvalue weighted by Gasteiger charge is -2.22. The maximum atomic E-state index is 14.1. The third-order valence-corrected chi connectivity index (χ3v) is 7.27. The van der Waals surface area contributed by atoms with E-state index in [-0.39, 0.29) is 34.1 Å². The van der Waals surface area contributed by atoms with Gasteiger partial charge in [-0.25, -0.2) is 17.8 Å².